The Morgan fingerprint density at radius 2 is 1.16 bits per heavy atom. The number of aromatic amines is 1. The fraction of sp³-hybridized carbons (Fsp3) is 0.422. The standard InChI is InChI=1S/C23H30N2.C22H27N3/c1-25(2)23(19-9-4-3-5-10-19)16-14-20(15-17-23)24-22-13-12-18-8-6-7-11-21(18)22;1-25(2)22(18-6-4-3-5-7-18)13-10-19(11-14-22)24-20-8-9-21-17(16-20)12-15-23-21/h3-11,20,22,24H,12-17H2,1-2H3;3-9,12,15-16,19,23-24H,10-11,13-14H2,1-2H3. The molecule has 1 heterocycles. The number of benzene rings is 4. The van der Waals surface area contributed by atoms with Gasteiger partial charge < -0.3 is 15.6 Å². The molecule has 3 N–H and O–H groups in total. The molecular weight excluding hydrogens is 611 g/mol. The lowest BCUT2D eigenvalue weighted by atomic mass is 9.74. The first-order chi connectivity index (χ1) is 24.4. The van der Waals surface area contributed by atoms with Crippen LogP contribution in [-0.4, -0.2) is 55.1 Å². The molecule has 5 heteroatoms. The summed E-state index contributed by atoms with van der Waals surface area (Å²) in [5.41, 5.74) is 8.81. The summed E-state index contributed by atoms with van der Waals surface area (Å²) in [6.07, 6.45) is 14.2. The van der Waals surface area contributed by atoms with Crippen LogP contribution in [0.3, 0.4) is 0 Å². The van der Waals surface area contributed by atoms with Gasteiger partial charge in [-0.2, -0.15) is 0 Å². The van der Waals surface area contributed by atoms with E-state index in [9.17, 15) is 0 Å². The molecule has 0 radical (unpaired) electrons. The fourth-order valence-electron chi connectivity index (χ4n) is 9.38. The Morgan fingerprint density at radius 3 is 1.76 bits per heavy atom. The normalized spacial score (nSPS) is 26.4. The number of anilines is 1. The first-order valence-electron chi connectivity index (χ1n) is 19.0. The van der Waals surface area contributed by atoms with Crippen molar-refractivity contribution in [1.29, 1.82) is 0 Å². The Hall–Kier alpha value is -3.90. The molecule has 2 fully saturated rings. The molecular formula is C45H57N5. The molecule has 5 nitrogen and oxygen atoms in total. The summed E-state index contributed by atoms with van der Waals surface area (Å²) in [6, 6.07) is 41.6. The van der Waals surface area contributed by atoms with Crippen LogP contribution in [0.25, 0.3) is 10.9 Å². The van der Waals surface area contributed by atoms with Gasteiger partial charge >= 0.3 is 0 Å². The van der Waals surface area contributed by atoms with Crippen LogP contribution in [0.2, 0.25) is 0 Å². The van der Waals surface area contributed by atoms with Gasteiger partial charge in [-0.3, -0.25) is 9.80 Å². The molecule has 0 spiro atoms. The lowest BCUT2D eigenvalue weighted by Gasteiger charge is -2.46. The zero-order valence-corrected chi connectivity index (χ0v) is 30.7. The maximum atomic E-state index is 3.98. The van der Waals surface area contributed by atoms with Crippen molar-refractivity contribution < 1.29 is 0 Å². The largest absolute Gasteiger partial charge is 0.382 e. The number of rotatable bonds is 8. The van der Waals surface area contributed by atoms with Gasteiger partial charge in [0.05, 0.1) is 0 Å². The van der Waals surface area contributed by atoms with Crippen molar-refractivity contribution >= 4 is 16.6 Å². The van der Waals surface area contributed by atoms with Crippen LogP contribution in [0, 0.1) is 0 Å². The van der Waals surface area contributed by atoms with E-state index in [-0.39, 0.29) is 11.1 Å². The molecule has 262 valence electrons. The molecule has 1 unspecified atom stereocenters. The molecule has 0 bridgehead atoms. The first-order valence-corrected chi connectivity index (χ1v) is 19.0. The molecule has 2 saturated carbocycles. The summed E-state index contributed by atoms with van der Waals surface area (Å²) < 4.78 is 0. The van der Waals surface area contributed by atoms with Crippen LogP contribution in [0.5, 0.6) is 0 Å². The molecule has 0 amide bonds. The maximum absolute atomic E-state index is 3.98. The van der Waals surface area contributed by atoms with Crippen LogP contribution in [0.15, 0.2) is 115 Å². The zero-order valence-electron chi connectivity index (χ0n) is 30.7. The highest BCUT2D eigenvalue weighted by Gasteiger charge is 2.40. The van der Waals surface area contributed by atoms with Crippen molar-refractivity contribution in [3.8, 4) is 0 Å². The number of nitrogens with one attached hydrogen (secondary N) is 3. The summed E-state index contributed by atoms with van der Waals surface area (Å²) in [5, 5.41) is 9.01. The second kappa shape index (κ2) is 15.1. The second-order valence-electron chi connectivity index (χ2n) is 15.5. The van der Waals surface area contributed by atoms with Crippen molar-refractivity contribution in [2.75, 3.05) is 33.5 Å². The quantitative estimate of drug-likeness (QED) is 0.154. The Bertz CT molecular complexity index is 1790. The monoisotopic (exact) mass is 667 g/mol. The summed E-state index contributed by atoms with van der Waals surface area (Å²) in [6.45, 7) is 0. The van der Waals surface area contributed by atoms with Crippen LogP contribution in [0.4, 0.5) is 5.69 Å². The third-order valence-corrected chi connectivity index (χ3v) is 12.5. The van der Waals surface area contributed by atoms with Gasteiger partial charge in [0.15, 0.2) is 0 Å². The molecule has 50 heavy (non-hydrogen) atoms. The van der Waals surface area contributed by atoms with E-state index in [0.29, 0.717) is 18.1 Å². The van der Waals surface area contributed by atoms with E-state index in [1.165, 1.54) is 97.5 Å². The van der Waals surface area contributed by atoms with Crippen LogP contribution < -0.4 is 10.6 Å². The molecule has 4 aromatic carbocycles. The van der Waals surface area contributed by atoms with Gasteiger partial charge in [-0.15, -0.1) is 0 Å². The van der Waals surface area contributed by atoms with Crippen molar-refractivity contribution in [3.05, 3.63) is 138 Å². The lowest BCUT2D eigenvalue weighted by Crippen LogP contribution is -2.48. The fourth-order valence-corrected chi connectivity index (χ4v) is 9.38. The molecule has 0 saturated heterocycles. The highest BCUT2D eigenvalue weighted by Crippen LogP contribution is 2.43. The summed E-state index contributed by atoms with van der Waals surface area (Å²) in [5.74, 6) is 0. The number of hydrogen-bond donors (Lipinski definition) is 3. The van der Waals surface area contributed by atoms with E-state index >= 15 is 0 Å². The number of hydrogen-bond acceptors (Lipinski definition) is 4. The molecule has 5 aromatic rings. The number of aromatic nitrogens is 1. The van der Waals surface area contributed by atoms with E-state index in [1.54, 1.807) is 5.56 Å². The predicted molar refractivity (Wildman–Crippen MR) is 211 cm³/mol. The SMILES string of the molecule is CN(C)C1(c2ccccc2)CCC(NC2CCc3ccccc32)CC1.CN(C)C1(c2ccccc2)CCC(Nc2ccc3[nH]ccc3c2)CC1. The lowest BCUT2D eigenvalue weighted by molar-refractivity contribution is 0.0832. The van der Waals surface area contributed by atoms with E-state index in [4.69, 9.17) is 0 Å². The highest BCUT2D eigenvalue weighted by molar-refractivity contribution is 5.83. The van der Waals surface area contributed by atoms with Gasteiger partial charge in [0.2, 0.25) is 0 Å². The number of nitrogens with zero attached hydrogens (tertiary/aromatic N) is 2. The first kappa shape index (κ1) is 34.5. The Kier molecular flexibility index (Phi) is 10.5. The summed E-state index contributed by atoms with van der Waals surface area (Å²) >= 11 is 0. The number of H-pyrrole nitrogens is 1. The topological polar surface area (TPSA) is 46.3 Å². The van der Waals surface area contributed by atoms with Crippen molar-refractivity contribution in [2.24, 2.45) is 0 Å². The molecule has 1 aromatic heterocycles. The van der Waals surface area contributed by atoms with Gasteiger partial charge in [-0.1, -0.05) is 84.9 Å². The number of aryl methyl sites for hydroxylation is 1. The van der Waals surface area contributed by atoms with Crippen molar-refractivity contribution in [1.82, 2.24) is 20.1 Å². The van der Waals surface area contributed by atoms with Crippen molar-refractivity contribution in [3.63, 3.8) is 0 Å². The summed E-state index contributed by atoms with van der Waals surface area (Å²) in [7, 11) is 8.93. The number of fused-ring (bicyclic) bond motifs is 2. The zero-order chi connectivity index (χ0) is 34.6. The van der Waals surface area contributed by atoms with Gasteiger partial charge in [0, 0.05) is 52.0 Å². The molecule has 1 atom stereocenters. The van der Waals surface area contributed by atoms with E-state index in [0.717, 1.165) is 0 Å². The van der Waals surface area contributed by atoms with Gasteiger partial charge in [0.1, 0.15) is 0 Å². The van der Waals surface area contributed by atoms with E-state index in [1.807, 2.05) is 6.20 Å². The smallest absolute Gasteiger partial charge is 0.0456 e. The van der Waals surface area contributed by atoms with E-state index < -0.39 is 0 Å². The molecule has 8 rings (SSSR count). The average molecular weight is 668 g/mol. The minimum Gasteiger partial charge on any atom is -0.382 e. The Balaban J connectivity index is 0.000000157. The minimum atomic E-state index is 0.171. The van der Waals surface area contributed by atoms with Gasteiger partial charge in [0.25, 0.3) is 0 Å². The highest BCUT2D eigenvalue weighted by atomic mass is 15.2. The average Bonchev–Trinajstić information content (AvgIpc) is 3.80. The van der Waals surface area contributed by atoms with Gasteiger partial charge in [-0.05, 0) is 139 Å². The maximum Gasteiger partial charge on any atom is 0.0456 e. The Labute approximate surface area is 300 Å². The molecule has 3 aliphatic rings. The predicted octanol–water partition coefficient (Wildman–Crippen LogP) is 9.64. The van der Waals surface area contributed by atoms with Crippen LogP contribution >= 0.6 is 0 Å². The Morgan fingerprint density at radius 1 is 0.600 bits per heavy atom. The third kappa shape index (κ3) is 7.14. The van der Waals surface area contributed by atoms with Crippen LogP contribution in [-0.2, 0) is 17.5 Å². The van der Waals surface area contributed by atoms with Crippen LogP contribution in [0.1, 0.15) is 86.1 Å². The molecule has 0 aliphatic heterocycles. The minimum absolute atomic E-state index is 0.171. The van der Waals surface area contributed by atoms with E-state index in [2.05, 4.69) is 163 Å². The summed E-state index contributed by atoms with van der Waals surface area (Å²) in [4.78, 5) is 8.13. The van der Waals surface area contributed by atoms with Gasteiger partial charge in [-0.25, -0.2) is 0 Å². The second-order valence-corrected chi connectivity index (χ2v) is 15.5. The van der Waals surface area contributed by atoms with Crippen molar-refractivity contribution in [2.45, 2.75) is 93.4 Å². The third-order valence-electron chi connectivity index (χ3n) is 12.5. The molecule has 3 aliphatic carbocycles.